The molecule has 0 unspecified atom stereocenters. The highest BCUT2D eigenvalue weighted by molar-refractivity contribution is 6.74. The van der Waals surface area contributed by atoms with E-state index >= 15 is 0 Å². The Labute approximate surface area is 204 Å². The van der Waals surface area contributed by atoms with E-state index in [0.717, 1.165) is 18.6 Å². The Morgan fingerprint density at radius 3 is 2.18 bits per heavy atom. The summed E-state index contributed by atoms with van der Waals surface area (Å²) in [6.45, 7) is 14.2. The average molecular weight is 484 g/mol. The van der Waals surface area contributed by atoms with E-state index in [4.69, 9.17) is 9.16 Å². The first-order valence-corrected chi connectivity index (χ1v) is 14.6. The van der Waals surface area contributed by atoms with Gasteiger partial charge in [-0.05, 0) is 48.2 Å². The van der Waals surface area contributed by atoms with Crippen LogP contribution in [0.25, 0.3) is 0 Å². The summed E-state index contributed by atoms with van der Waals surface area (Å²) in [6, 6.07) is 15.0. The Bertz CT molecular complexity index is 965. The normalized spacial score (nSPS) is 14.1. The third kappa shape index (κ3) is 8.22. The third-order valence-electron chi connectivity index (χ3n) is 6.32. The van der Waals surface area contributed by atoms with Crippen LogP contribution in [0, 0.1) is 16.0 Å². The zero-order chi connectivity index (χ0) is 25.4. The molecule has 0 spiro atoms. The van der Waals surface area contributed by atoms with Gasteiger partial charge in [0.1, 0.15) is 6.10 Å². The SMILES string of the molecule is C[C@H](C/C=C\C[C@H](OC(=O)c1ccc([N+](=O)[O-])cc1)c1ccccc1)CO[Si](C)(C)C(C)(C)C. The summed E-state index contributed by atoms with van der Waals surface area (Å²) in [6.07, 6.45) is 5.14. The molecule has 34 heavy (non-hydrogen) atoms. The van der Waals surface area contributed by atoms with Crippen molar-refractivity contribution in [3.05, 3.63) is 88.0 Å². The molecule has 2 atom stereocenters. The quantitative estimate of drug-likeness (QED) is 0.109. The number of ether oxygens (including phenoxy) is 1. The van der Waals surface area contributed by atoms with Crippen molar-refractivity contribution in [2.24, 2.45) is 5.92 Å². The molecule has 7 heteroatoms. The number of carbonyl (C=O) groups excluding carboxylic acids is 1. The number of hydrogen-bond acceptors (Lipinski definition) is 5. The lowest BCUT2D eigenvalue weighted by molar-refractivity contribution is -0.384. The summed E-state index contributed by atoms with van der Waals surface area (Å²) < 4.78 is 12.1. The Kier molecular flexibility index (Phi) is 9.76. The smallest absolute Gasteiger partial charge is 0.338 e. The van der Waals surface area contributed by atoms with Crippen molar-refractivity contribution in [1.29, 1.82) is 0 Å². The third-order valence-corrected chi connectivity index (χ3v) is 10.8. The first-order valence-electron chi connectivity index (χ1n) is 11.7. The summed E-state index contributed by atoms with van der Waals surface area (Å²) in [7, 11) is -1.76. The molecule has 2 aromatic rings. The fraction of sp³-hybridized carbons (Fsp3) is 0.444. The fourth-order valence-electron chi connectivity index (χ4n) is 3.02. The first-order chi connectivity index (χ1) is 15.9. The van der Waals surface area contributed by atoms with E-state index in [2.05, 4.69) is 46.9 Å². The van der Waals surface area contributed by atoms with Crippen LogP contribution >= 0.6 is 0 Å². The Morgan fingerprint density at radius 1 is 1.03 bits per heavy atom. The molecule has 0 amide bonds. The van der Waals surface area contributed by atoms with Crippen LogP contribution in [0.2, 0.25) is 18.1 Å². The van der Waals surface area contributed by atoms with Crippen LogP contribution in [-0.2, 0) is 9.16 Å². The van der Waals surface area contributed by atoms with Gasteiger partial charge in [0.2, 0.25) is 0 Å². The first kappa shape index (κ1) is 27.5. The Morgan fingerprint density at radius 2 is 1.62 bits per heavy atom. The van der Waals surface area contributed by atoms with Crippen molar-refractivity contribution >= 4 is 20.0 Å². The molecule has 0 radical (unpaired) electrons. The molecule has 6 nitrogen and oxygen atoms in total. The number of nitro benzene ring substituents is 1. The molecule has 0 aromatic heterocycles. The number of benzene rings is 2. The van der Waals surface area contributed by atoms with Gasteiger partial charge >= 0.3 is 5.97 Å². The van der Waals surface area contributed by atoms with Crippen molar-refractivity contribution in [2.75, 3.05) is 6.61 Å². The maximum atomic E-state index is 12.7. The van der Waals surface area contributed by atoms with Crippen LogP contribution in [0.5, 0.6) is 0 Å². The van der Waals surface area contributed by atoms with E-state index < -0.39 is 25.3 Å². The van der Waals surface area contributed by atoms with Gasteiger partial charge in [-0.15, -0.1) is 0 Å². The van der Waals surface area contributed by atoms with Crippen LogP contribution in [-0.4, -0.2) is 25.8 Å². The standard InChI is InChI=1S/C27H37NO5Si/c1-21(20-32-34(5,6)27(2,3)4)12-10-11-15-25(22-13-8-7-9-14-22)33-26(29)23-16-18-24(19-17-23)28(30)31/h7-11,13-14,16-19,21,25H,12,15,20H2,1-6H3/b11-10-/t21-,25+/m1/s1. The van der Waals surface area contributed by atoms with Gasteiger partial charge in [0.05, 0.1) is 10.5 Å². The predicted molar refractivity (Wildman–Crippen MR) is 138 cm³/mol. The number of carbonyl (C=O) groups is 1. The van der Waals surface area contributed by atoms with E-state index in [-0.39, 0.29) is 16.3 Å². The van der Waals surface area contributed by atoms with Crippen molar-refractivity contribution in [3.63, 3.8) is 0 Å². The molecule has 184 valence electrons. The lowest BCUT2D eigenvalue weighted by Crippen LogP contribution is -2.41. The van der Waals surface area contributed by atoms with Crippen LogP contribution in [0.1, 0.15) is 62.6 Å². The summed E-state index contributed by atoms with van der Waals surface area (Å²) >= 11 is 0. The fourth-order valence-corrected chi connectivity index (χ4v) is 4.15. The van der Waals surface area contributed by atoms with Gasteiger partial charge in [0.15, 0.2) is 8.32 Å². The molecule has 0 saturated heterocycles. The zero-order valence-electron chi connectivity index (χ0n) is 21.1. The second kappa shape index (κ2) is 12.1. The highest BCUT2D eigenvalue weighted by Crippen LogP contribution is 2.36. The molecule has 0 aliphatic rings. The van der Waals surface area contributed by atoms with Crippen LogP contribution in [0.4, 0.5) is 5.69 Å². The number of nitro groups is 1. The van der Waals surface area contributed by atoms with E-state index in [0.29, 0.717) is 12.3 Å². The molecule has 0 aliphatic carbocycles. The minimum atomic E-state index is -1.76. The molecule has 2 aromatic carbocycles. The Balaban J connectivity index is 1.98. The van der Waals surface area contributed by atoms with Crippen molar-refractivity contribution < 1.29 is 18.9 Å². The number of non-ortho nitro benzene ring substituents is 1. The molecule has 0 saturated carbocycles. The number of hydrogen-bond donors (Lipinski definition) is 0. The molecule has 0 bridgehead atoms. The van der Waals surface area contributed by atoms with Gasteiger partial charge in [-0.3, -0.25) is 10.1 Å². The molecule has 0 heterocycles. The molecule has 0 aliphatic heterocycles. The molecule has 0 fully saturated rings. The van der Waals surface area contributed by atoms with Gasteiger partial charge in [-0.25, -0.2) is 4.79 Å². The van der Waals surface area contributed by atoms with Crippen molar-refractivity contribution in [2.45, 2.75) is 64.8 Å². The largest absolute Gasteiger partial charge is 0.454 e. The van der Waals surface area contributed by atoms with Crippen molar-refractivity contribution in [1.82, 2.24) is 0 Å². The van der Waals surface area contributed by atoms with Gasteiger partial charge < -0.3 is 9.16 Å². The van der Waals surface area contributed by atoms with E-state index in [9.17, 15) is 14.9 Å². The summed E-state index contributed by atoms with van der Waals surface area (Å²) in [4.78, 5) is 23.0. The minimum Gasteiger partial charge on any atom is -0.454 e. The Hall–Kier alpha value is -2.77. The van der Waals surface area contributed by atoms with E-state index in [1.54, 1.807) is 0 Å². The molecular weight excluding hydrogens is 446 g/mol. The topological polar surface area (TPSA) is 78.7 Å². The highest BCUT2D eigenvalue weighted by atomic mass is 28.4. The maximum Gasteiger partial charge on any atom is 0.338 e. The van der Waals surface area contributed by atoms with Crippen LogP contribution in [0.3, 0.4) is 0 Å². The average Bonchev–Trinajstić information content (AvgIpc) is 2.79. The second-order valence-corrected chi connectivity index (χ2v) is 15.0. The zero-order valence-corrected chi connectivity index (χ0v) is 22.1. The summed E-state index contributed by atoms with van der Waals surface area (Å²) in [5.41, 5.74) is 1.12. The molecule has 2 rings (SSSR count). The number of allylic oxidation sites excluding steroid dienone is 1. The lowest BCUT2D eigenvalue weighted by Gasteiger charge is -2.36. The van der Waals surface area contributed by atoms with Crippen LogP contribution in [0.15, 0.2) is 66.7 Å². The van der Waals surface area contributed by atoms with Crippen LogP contribution < -0.4 is 0 Å². The summed E-state index contributed by atoms with van der Waals surface area (Å²) in [5.74, 6) is -0.114. The number of nitrogens with zero attached hydrogens (tertiary/aromatic N) is 1. The van der Waals surface area contributed by atoms with Gasteiger partial charge in [-0.2, -0.15) is 0 Å². The number of rotatable bonds is 11. The minimum absolute atomic E-state index is 0.0641. The number of esters is 1. The van der Waals surface area contributed by atoms with E-state index in [1.165, 1.54) is 24.3 Å². The predicted octanol–water partition coefficient (Wildman–Crippen LogP) is 7.49. The highest BCUT2D eigenvalue weighted by Gasteiger charge is 2.37. The second-order valence-electron chi connectivity index (χ2n) is 10.2. The lowest BCUT2D eigenvalue weighted by atomic mass is 10.0. The van der Waals surface area contributed by atoms with Gasteiger partial charge in [0, 0.05) is 25.2 Å². The molecule has 0 N–H and O–H groups in total. The monoisotopic (exact) mass is 483 g/mol. The molecular formula is C27H37NO5Si. The van der Waals surface area contributed by atoms with E-state index in [1.807, 2.05) is 36.4 Å². The maximum absolute atomic E-state index is 12.7. The van der Waals surface area contributed by atoms with Crippen molar-refractivity contribution in [3.8, 4) is 0 Å². The van der Waals surface area contributed by atoms with Gasteiger partial charge in [-0.1, -0.05) is 70.2 Å². The summed E-state index contributed by atoms with van der Waals surface area (Å²) in [5, 5.41) is 11.0. The van der Waals surface area contributed by atoms with Gasteiger partial charge in [0.25, 0.3) is 5.69 Å².